The zero-order chi connectivity index (χ0) is 11.6. The van der Waals surface area contributed by atoms with Gasteiger partial charge in [0.25, 0.3) is 0 Å². The van der Waals surface area contributed by atoms with Gasteiger partial charge in [-0.2, -0.15) is 0 Å². The van der Waals surface area contributed by atoms with E-state index in [1.807, 2.05) is 12.5 Å². The first-order valence-electron chi connectivity index (χ1n) is 6.30. The summed E-state index contributed by atoms with van der Waals surface area (Å²) in [5.41, 5.74) is 1.67. The quantitative estimate of drug-likeness (QED) is 0.832. The first-order chi connectivity index (χ1) is 7.56. The maximum absolute atomic E-state index is 4.30. The van der Waals surface area contributed by atoms with Crippen molar-refractivity contribution in [1.82, 2.24) is 14.9 Å². The molecule has 16 heavy (non-hydrogen) atoms. The maximum atomic E-state index is 4.30. The van der Waals surface area contributed by atoms with Gasteiger partial charge in [-0.25, -0.2) is 4.98 Å². The molecule has 3 heteroatoms. The molecule has 1 aliphatic rings. The van der Waals surface area contributed by atoms with Gasteiger partial charge < -0.3 is 9.88 Å². The van der Waals surface area contributed by atoms with Crippen LogP contribution in [0.15, 0.2) is 12.5 Å². The molecule has 1 aromatic rings. The highest BCUT2D eigenvalue weighted by molar-refractivity contribution is 5.06. The molecule has 1 atom stereocenters. The molecule has 3 nitrogen and oxygen atoms in total. The molecule has 1 aromatic heterocycles. The Hall–Kier alpha value is -0.830. The number of rotatable bonds is 2. The molecule has 90 valence electrons. The molecule has 0 aromatic carbocycles. The van der Waals surface area contributed by atoms with Crippen LogP contribution in [-0.4, -0.2) is 16.1 Å². The molecule has 0 bridgehead atoms. The van der Waals surface area contributed by atoms with E-state index in [1.54, 1.807) is 0 Å². The van der Waals surface area contributed by atoms with Crippen LogP contribution in [0.1, 0.15) is 51.8 Å². The van der Waals surface area contributed by atoms with E-state index in [0.29, 0.717) is 11.5 Å². The topological polar surface area (TPSA) is 29.9 Å². The van der Waals surface area contributed by atoms with Gasteiger partial charge in [0.1, 0.15) is 0 Å². The minimum absolute atomic E-state index is 0.310. The van der Waals surface area contributed by atoms with Crippen LogP contribution in [0.4, 0.5) is 0 Å². The zero-order valence-corrected chi connectivity index (χ0v) is 10.7. The van der Waals surface area contributed by atoms with Crippen molar-refractivity contribution in [3.8, 4) is 0 Å². The Labute approximate surface area is 98.3 Å². The number of hydrogen-bond donors (Lipinski definition) is 1. The second-order valence-electron chi connectivity index (χ2n) is 6.01. The van der Waals surface area contributed by atoms with Crippen LogP contribution >= 0.6 is 0 Å². The Morgan fingerprint density at radius 1 is 1.44 bits per heavy atom. The van der Waals surface area contributed by atoms with E-state index in [9.17, 15) is 0 Å². The summed E-state index contributed by atoms with van der Waals surface area (Å²) in [4.78, 5) is 4.30. The summed E-state index contributed by atoms with van der Waals surface area (Å²) in [5.74, 6) is 0. The average Bonchev–Trinajstić information content (AvgIpc) is 2.64. The second-order valence-corrected chi connectivity index (χ2v) is 6.01. The van der Waals surface area contributed by atoms with E-state index in [-0.39, 0.29) is 0 Å². The standard InChI is InChI=1S/C13H23N3/c1-13(2,3)9-16-10-14-8-12(16)11-6-4-5-7-15-11/h8,10-11,15H,4-7,9H2,1-3H3. The minimum Gasteiger partial charge on any atom is -0.333 e. The smallest absolute Gasteiger partial charge is 0.0948 e. The van der Waals surface area contributed by atoms with E-state index in [1.165, 1.54) is 25.0 Å². The van der Waals surface area contributed by atoms with Crippen LogP contribution < -0.4 is 5.32 Å². The van der Waals surface area contributed by atoms with Gasteiger partial charge in [-0.05, 0) is 24.8 Å². The fraction of sp³-hybridized carbons (Fsp3) is 0.769. The summed E-state index contributed by atoms with van der Waals surface area (Å²) < 4.78 is 2.31. The van der Waals surface area contributed by atoms with Crippen molar-refractivity contribution in [3.63, 3.8) is 0 Å². The number of aromatic nitrogens is 2. The number of imidazole rings is 1. The van der Waals surface area contributed by atoms with Crippen LogP contribution in [0.2, 0.25) is 0 Å². The first kappa shape index (κ1) is 11.6. The van der Waals surface area contributed by atoms with E-state index in [0.717, 1.165) is 13.1 Å². The molecule has 0 saturated carbocycles. The Morgan fingerprint density at radius 3 is 2.88 bits per heavy atom. The van der Waals surface area contributed by atoms with Gasteiger partial charge >= 0.3 is 0 Å². The summed E-state index contributed by atoms with van der Waals surface area (Å²) in [7, 11) is 0. The summed E-state index contributed by atoms with van der Waals surface area (Å²) >= 11 is 0. The van der Waals surface area contributed by atoms with Crippen molar-refractivity contribution in [1.29, 1.82) is 0 Å². The van der Waals surface area contributed by atoms with Gasteiger partial charge in [0.05, 0.1) is 12.0 Å². The number of piperidine rings is 1. The Balaban J connectivity index is 2.11. The fourth-order valence-corrected chi connectivity index (χ4v) is 2.37. The molecular formula is C13H23N3. The highest BCUT2D eigenvalue weighted by Crippen LogP contribution is 2.25. The zero-order valence-electron chi connectivity index (χ0n) is 10.7. The molecule has 1 N–H and O–H groups in total. The lowest BCUT2D eigenvalue weighted by atomic mass is 9.96. The minimum atomic E-state index is 0.310. The monoisotopic (exact) mass is 221 g/mol. The molecule has 2 rings (SSSR count). The Bertz CT molecular complexity index is 329. The van der Waals surface area contributed by atoms with Crippen molar-refractivity contribution in [2.24, 2.45) is 5.41 Å². The van der Waals surface area contributed by atoms with Crippen molar-refractivity contribution in [2.45, 2.75) is 52.6 Å². The van der Waals surface area contributed by atoms with Crippen LogP contribution in [0, 0.1) is 5.41 Å². The van der Waals surface area contributed by atoms with Gasteiger partial charge in [-0.3, -0.25) is 0 Å². The summed E-state index contributed by atoms with van der Waals surface area (Å²) in [5, 5.41) is 3.59. The molecule has 0 amide bonds. The van der Waals surface area contributed by atoms with Crippen molar-refractivity contribution in [2.75, 3.05) is 6.54 Å². The van der Waals surface area contributed by atoms with Crippen LogP contribution in [0.25, 0.3) is 0 Å². The lowest BCUT2D eigenvalue weighted by Gasteiger charge is -2.27. The van der Waals surface area contributed by atoms with Crippen molar-refractivity contribution >= 4 is 0 Å². The second kappa shape index (κ2) is 4.58. The van der Waals surface area contributed by atoms with Crippen LogP contribution in [0.3, 0.4) is 0 Å². The molecule has 1 aliphatic heterocycles. The summed E-state index contributed by atoms with van der Waals surface area (Å²) in [6.07, 6.45) is 7.88. The van der Waals surface area contributed by atoms with Gasteiger partial charge in [0.2, 0.25) is 0 Å². The highest BCUT2D eigenvalue weighted by Gasteiger charge is 2.20. The van der Waals surface area contributed by atoms with Gasteiger partial charge in [-0.15, -0.1) is 0 Å². The molecule has 0 spiro atoms. The van der Waals surface area contributed by atoms with E-state index < -0.39 is 0 Å². The Morgan fingerprint density at radius 2 is 2.25 bits per heavy atom. The normalized spacial score (nSPS) is 22.3. The predicted octanol–water partition coefficient (Wildman–Crippen LogP) is 2.74. The van der Waals surface area contributed by atoms with Gasteiger partial charge in [0.15, 0.2) is 0 Å². The van der Waals surface area contributed by atoms with Gasteiger partial charge in [-0.1, -0.05) is 27.2 Å². The van der Waals surface area contributed by atoms with E-state index >= 15 is 0 Å². The molecule has 1 unspecified atom stereocenters. The van der Waals surface area contributed by atoms with E-state index in [4.69, 9.17) is 0 Å². The summed E-state index contributed by atoms with van der Waals surface area (Å²) in [6.45, 7) is 8.99. The molecular weight excluding hydrogens is 198 g/mol. The molecule has 1 saturated heterocycles. The molecule has 2 heterocycles. The predicted molar refractivity (Wildman–Crippen MR) is 66.3 cm³/mol. The SMILES string of the molecule is CC(C)(C)Cn1cncc1C1CCCCN1. The third-order valence-electron chi connectivity index (χ3n) is 3.06. The first-order valence-corrected chi connectivity index (χ1v) is 6.30. The lowest BCUT2D eigenvalue weighted by Crippen LogP contribution is -2.29. The Kier molecular flexibility index (Phi) is 3.33. The average molecular weight is 221 g/mol. The number of hydrogen-bond acceptors (Lipinski definition) is 2. The molecule has 0 radical (unpaired) electrons. The summed E-state index contributed by atoms with van der Waals surface area (Å²) in [6, 6.07) is 0.513. The number of nitrogens with one attached hydrogen (secondary N) is 1. The largest absolute Gasteiger partial charge is 0.333 e. The highest BCUT2D eigenvalue weighted by atomic mass is 15.1. The van der Waals surface area contributed by atoms with Crippen LogP contribution in [-0.2, 0) is 6.54 Å². The van der Waals surface area contributed by atoms with Crippen molar-refractivity contribution in [3.05, 3.63) is 18.2 Å². The van der Waals surface area contributed by atoms with Crippen LogP contribution in [0.5, 0.6) is 0 Å². The third kappa shape index (κ3) is 2.85. The molecule has 0 aliphatic carbocycles. The molecule has 1 fully saturated rings. The lowest BCUT2D eigenvalue weighted by molar-refractivity contribution is 0.321. The third-order valence-corrected chi connectivity index (χ3v) is 3.06. The maximum Gasteiger partial charge on any atom is 0.0948 e. The van der Waals surface area contributed by atoms with E-state index in [2.05, 4.69) is 35.6 Å². The number of nitrogens with zero attached hydrogens (tertiary/aromatic N) is 2. The van der Waals surface area contributed by atoms with Crippen molar-refractivity contribution < 1.29 is 0 Å². The van der Waals surface area contributed by atoms with Gasteiger partial charge in [0, 0.05) is 18.8 Å². The fourth-order valence-electron chi connectivity index (χ4n) is 2.37.